The van der Waals surface area contributed by atoms with Crippen molar-refractivity contribution in [3.05, 3.63) is 71.4 Å². The van der Waals surface area contributed by atoms with Gasteiger partial charge in [-0.3, -0.25) is 4.98 Å². The van der Waals surface area contributed by atoms with Crippen LogP contribution < -0.4 is 5.32 Å². The van der Waals surface area contributed by atoms with Crippen LogP contribution in [0.5, 0.6) is 0 Å². The summed E-state index contributed by atoms with van der Waals surface area (Å²) in [5.41, 5.74) is 3.52. The van der Waals surface area contributed by atoms with E-state index >= 15 is 0 Å². The molecule has 3 heteroatoms. The van der Waals surface area contributed by atoms with Gasteiger partial charge in [0.15, 0.2) is 0 Å². The second-order valence-electron chi connectivity index (χ2n) is 4.74. The van der Waals surface area contributed by atoms with E-state index in [0.29, 0.717) is 0 Å². The summed E-state index contributed by atoms with van der Waals surface area (Å²) in [5.74, 6) is 0. The van der Waals surface area contributed by atoms with E-state index in [-0.39, 0.29) is 0 Å². The first-order valence-electron chi connectivity index (χ1n) is 6.61. The minimum atomic E-state index is 0.836. The summed E-state index contributed by atoms with van der Waals surface area (Å²) < 4.78 is 0. The number of thiophene rings is 1. The molecule has 20 heavy (non-hydrogen) atoms. The van der Waals surface area contributed by atoms with Crippen molar-refractivity contribution in [3.8, 4) is 10.4 Å². The highest BCUT2D eigenvalue weighted by atomic mass is 32.1. The molecule has 3 aromatic rings. The zero-order valence-corrected chi connectivity index (χ0v) is 12.2. The van der Waals surface area contributed by atoms with Crippen molar-refractivity contribution in [1.82, 2.24) is 4.98 Å². The van der Waals surface area contributed by atoms with Gasteiger partial charge in [0.05, 0.1) is 5.69 Å². The van der Waals surface area contributed by atoms with E-state index in [4.69, 9.17) is 0 Å². The molecule has 0 atom stereocenters. The molecule has 0 aliphatic rings. The molecule has 1 N–H and O–H groups in total. The summed E-state index contributed by atoms with van der Waals surface area (Å²) in [4.78, 5) is 6.82. The fourth-order valence-electron chi connectivity index (χ4n) is 2.07. The smallest absolute Gasteiger partial charge is 0.0532 e. The number of hydrogen-bond donors (Lipinski definition) is 1. The van der Waals surface area contributed by atoms with Crippen molar-refractivity contribution >= 4 is 17.0 Å². The Morgan fingerprint density at radius 1 is 1.05 bits per heavy atom. The molecule has 0 aliphatic heterocycles. The first-order valence-corrected chi connectivity index (χ1v) is 7.42. The Kier molecular flexibility index (Phi) is 3.79. The van der Waals surface area contributed by atoms with Crippen molar-refractivity contribution < 1.29 is 0 Å². The van der Waals surface area contributed by atoms with E-state index in [1.807, 2.05) is 29.8 Å². The minimum Gasteiger partial charge on any atom is -0.379 e. The second-order valence-corrected chi connectivity index (χ2v) is 5.90. The van der Waals surface area contributed by atoms with E-state index < -0.39 is 0 Å². The maximum atomic E-state index is 4.19. The number of benzene rings is 1. The maximum absolute atomic E-state index is 4.19. The van der Waals surface area contributed by atoms with Gasteiger partial charge < -0.3 is 5.32 Å². The summed E-state index contributed by atoms with van der Waals surface area (Å²) >= 11 is 1.83. The van der Waals surface area contributed by atoms with E-state index in [1.165, 1.54) is 20.9 Å². The van der Waals surface area contributed by atoms with E-state index in [1.54, 1.807) is 0 Å². The SMILES string of the molecule is Cc1cncc(NCc2ccc(-c3ccccc3)s2)c1. The number of rotatable bonds is 4. The van der Waals surface area contributed by atoms with Gasteiger partial charge in [-0.15, -0.1) is 11.3 Å². The average Bonchev–Trinajstić information content (AvgIpc) is 2.95. The summed E-state index contributed by atoms with van der Waals surface area (Å²) in [5, 5.41) is 3.41. The minimum absolute atomic E-state index is 0.836. The van der Waals surface area contributed by atoms with Gasteiger partial charge in [-0.1, -0.05) is 30.3 Å². The van der Waals surface area contributed by atoms with Gasteiger partial charge >= 0.3 is 0 Å². The fourth-order valence-corrected chi connectivity index (χ4v) is 3.02. The number of nitrogens with zero attached hydrogens (tertiary/aromatic N) is 1. The molecule has 0 amide bonds. The summed E-state index contributed by atoms with van der Waals surface area (Å²) in [6, 6.07) is 17.0. The highest BCUT2D eigenvalue weighted by Gasteiger charge is 2.02. The largest absolute Gasteiger partial charge is 0.379 e. The lowest BCUT2D eigenvalue weighted by Crippen LogP contribution is -1.97. The third-order valence-corrected chi connectivity index (χ3v) is 4.20. The van der Waals surface area contributed by atoms with Gasteiger partial charge in [-0.2, -0.15) is 0 Å². The van der Waals surface area contributed by atoms with Gasteiger partial charge in [-0.25, -0.2) is 0 Å². The molecule has 0 saturated heterocycles. The number of anilines is 1. The van der Waals surface area contributed by atoms with Crippen molar-refractivity contribution in [2.24, 2.45) is 0 Å². The molecule has 0 saturated carbocycles. The molecule has 2 heterocycles. The van der Waals surface area contributed by atoms with Crippen LogP contribution in [-0.4, -0.2) is 4.98 Å². The summed E-state index contributed by atoms with van der Waals surface area (Å²) in [6.07, 6.45) is 3.72. The van der Waals surface area contributed by atoms with Gasteiger partial charge in [0.25, 0.3) is 0 Å². The third kappa shape index (κ3) is 3.06. The molecular formula is C17H16N2S. The van der Waals surface area contributed by atoms with Gasteiger partial charge in [0.1, 0.15) is 0 Å². The molecule has 0 unspecified atom stereocenters. The molecule has 0 radical (unpaired) electrons. The third-order valence-electron chi connectivity index (χ3n) is 3.06. The molecule has 2 aromatic heterocycles. The maximum Gasteiger partial charge on any atom is 0.0532 e. The van der Waals surface area contributed by atoms with Crippen molar-refractivity contribution in [2.75, 3.05) is 5.32 Å². The normalized spacial score (nSPS) is 10.4. The molecule has 0 bridgehead atoms. The van der Waals surface area contributed by atoms with Crippen LogP contribution in [0.2, 0.25) is 0 Å². The molecule has 2 nitrogen and oxygen atoms in total. The van der Waals surface area contributed by atoms with E-state index in [0.717, 1.165) is 12.2 Å². The Morgan fingerprint density at radius 2 is 1.90 bits per heavy atom. The Hall–Kier alpha value is -2.13. The fraction of sp³-hybridized carbons (Fsp3) is 0.118. The Morgan fingerprint density at radius 3 is 2.70 bits per heavy atom. The van der Waals surface area contributed by atoms with Crippen LogP contribution in [-0.2, 0) is 6.54 Å². The van der Waals surface area contributed by atoms with Crippen LogP contribution in [0.4, 0.5) is 5.69 Å². The van der Waals surface area contributed by atoms with Crippen LogP contribution >= 0.6 is 11.3 Å². The molecular weight excluding hydrogens is 264 g/mol. The van der Waals surface area contributed by atoms with Crippen LogP contribution in [0.15, 0.2) is 60.9 Å². The average molecular weight is 280 g/mol. The molecule has 3 rings (SSSR count). The van der Waals surface area contributed by atoms with Gasteiger partial charge in [0, 0.05) is 28.7 Å². The van der Waals surface area contributed by atoms with Crippen LogP contribution in [0.1, 0.15) is 10.4 Å². The highest BCUT2D eigenvalue weighted by Crippen LogP contribution is 2.28. The predicted octanol–water partition coefficient (Wildman–Crippen LogP) is 4.73. The summed E-state index contributed by atoms with van der Waals surface area (Å²) in [7, 11) is 0. The number of aryl methyl sites for hydroxylation is 1. The topological polar surface area (TPSA) is 24.9 Å². The number of aromatic nitrogens is 1. The Bertz CT molecular complexity index is 689. The van der Waals surface area contributed by atoms with Crippen molar-refractivity contribution in [1.29, 1.82) is 0 Å². The monoisotopic (exact) mass is 280 g/mol. The lowest BCUT2D eigenvalue weighted by atomic mass is 10.2. The first kappa shape index (κ1) is 12.9. The zero-order valence-electron chi connectivity index (χ0n) is 11.3. The van der Waals surface area contributed by atoms with Crippen molar-refractivity contribution in [3.63, 3.8) is 0 Å². The standard InChI is InChI=1S/C17H16N2S/c1-13-9-15(11-18-10-13)19-12-16-7-8-17(20-16)14-5-3-2-4-6-14/h2-11,19H,12H2,1H3. The lowest BCUT2D eigenvalue weighted by molar-refractivity contribution is 1.16. The first-order chi connectivity index (χ1) is 9.81. The predicted molar refractivity (Wildman–Crippen MR) is 86.1 cm³/mol. The lowest BCUT2D eigenvalue weighted by Gasteiger charge is -2.04. The molecule has 0 aliphatic carbocycles. The zero-order chi connectivity index (χ0) is 13.8. The molecule has 100 valence electrons. The van der Waals surface area contributed by atoms with Crippen LogP contribution in [0.3, 0.4) is 0 Å². The van der Waals surface area contributed by atoms with Crippen molar-refractivity contribution in [2.45, 2.75) is 13.5 Å². The second kappa shape index (κ2) is 5.88. The van der Waals surface area contributed by atoms with E-state index in [2.05, 4.69) is 59.7 Å². The van der Waals surface area contributed by atoms with Gasteiger partial charge in [-0.05, 0) is 36.2 Å². The van der Waals surface area contributed by atoms with Crippen LogP contribution in [0, 0.1) is 6.92 Å². The molecule has 0 spiro atoms. The molecule has 1 aromatic carbocycles. The summed E-state index contributed by atoms with van der Waals surface area (Å²) in [6.45, 7) is 2.89. The van der Waals surface area contributed by atoms with E-state index in [9.17, 15) is 0 Å². The Balaban J connectivity index is 1.69. The van der Waals surface area contributed by atoms with Gasteiger partial charge in [0.2, 0.25) is 0 Å². The Labute approximate surface area is 123 Å². The van der Waals surface area contributed by atoms with Crippen LogP contribution in [0.25, 0.3) is 10.4 Å². The number of nitrogens with one attached hydrogen (secondary N) is 1. The highest BCUT2D eigenvalue weighted by molar-refractivity contribution is 7.15. The molecule has 0 fully saturated rings. The number of hydrogen-bond acceptors (Lipinski definition) is 3. The quantitative estimate of drug-likeness (QED) is 0.747. The number of pyridine rings is 1.